The first-order valence-electron chi connectivity index (χ1n) is 21.7. The average molecular weight is 738 g/mol. The maximum Gasteiger partial charge on any atom is 0.266 e. The fourth-order valence-corrected chi connectivity index (χ4v) is 7.34. The van der Waals surface area contributed by atoms with Crippen molar-refractivity contribution in [3.8, 4) is 0 Å². The molecule has 0 fully saturated rings. The molecule has 0 saturated carbocycles. The van der Waals surface area contributed by atoms with Crippen LogP contribution in [-0.4, -0.2) is 41.9 Å². The quantitative estimate of drug-likeness (QED) is 0.0331. The first-order chi connectivity index (χ1) is 24.8. The molecule has 0 spiro atoms. The van der Waals surface area contributed by atoms with Crippen LogP contribution in [0.25, 0.3) is 0 Å². The van der Waals surface area contributed by atoms with Crippen LogP contribution in [0.15, 0.2) is 36.5 Å². The number of hydrogen-bond acceptors (Lipinski definition) is 4. The number of rotatable bonds is 39. The zero-order chi connectivity index (χ0) is 37.5. The first kappa shape index (κ1) is 49.6. The normalized spacial score (nSPS) is 13.6. The van der Waals surface area contributed by atoms with E-state index >= 15 is 0 Å². The number of amides is 1. The highest BCUT2D eigenvalue weighted by atomic mass is 32.2. The second-order valence-electron chi connectivity index (χ2n) is 15.0. The predicted molar refractivity (Wildman–Crippen MR) is 221 cm³/mol. The Morgan fingerprint density at radius 3 is 1.33 bits per heavy atom. The third kappa shape index (κ3) is 39.6. The van der Waals surface area contributed by atoms with Crippen molar-refractivity contribution in [2.24, 2.45) is 0 Å². The van der Waals surface area contributed by atoms with Gasteiger partial charge in [0.05, 0.1) is 17.9 Å². The fraction of sp³-hybridized carbons (Fsp3) is 0.841. The van der Waals surface area contributed by atoms with E-state index in [1.165, 1.54) is 128 Å². The Hall–Kier alpha value is -1.44. The summed E-state index contributed by atoms with van der Waals surface area (Å²) in [7, 11) is -4.32. The molecule has 51 heavy (non-hydrogen) atoms. The van der Waals surface area contributed by atoms with Crippen molar-refractivity contribution in [1.82, 2.24) is 5.32 Å². The monoisotopic (exact) mass is 738 g/mol. The summed E-state index contributed by atoms with van der Waals surface area (Å²) in [6.45, 7) is 4.50. The van der Waals surface area contributed by atoms with E-state index < -0.39 is 28.0 Å². The number of carbonyl (C=O) groups excluding carboxylic acids is 1. The Balaban J connectivity index is 3.87. The van der Waals surface area contributed by atoms with Gasteiger partial charge in [0.2, 0.25) is 5.91 Å². The smallest absolute Gasteiger partial charge is 0.266 e. The van der Waals surface area contributed by atoms with E-state index in [2.05, 4.69) is 55.6 Å². The number of hydrogen-bond donors (Lipinski definition) is 3. The molecule has 0 aromatic carbocycles. The standard InChI is InChI=1S/C44H83NO5S/c1-3-5-7-9-11-13-15-17-19-21-22-24-26-28-30-32-34-36-38-40-44(47)45-42(41-51(48,49)50)43(46)39-37-35-33-31-29-27-25-23-20-18-16-14-12-10-8-6-4-2/h11,13,17,19,22,24,42-43,46H,3-10,12,14-16,18,20-21,23,25-41H2,1-2H3,(H,45,47)(H,48,49,50)/b13-11-,19-17-,24-22-. The Morgan fingerprint density at radius 2 is 0.882 bits per heavy atom. The molecule has 2 atom stereocenters. The van der Waals surface area contributed by atoms with Crippen molar-refractivity contribution in [3.63, 3.8) is 0 Å². The van der Waals surface area contributed by atoms with E-state index in [9.17, 15) is 22.9 Å². The molecule has 6 nitrogen and oxygen atoms in total. The van der Waals surface area contributed by atoms with E-state index in [1.54, 1.807) is 0 Å². The second kappa shape index (κ2) is 38.3. The first-order valence-corrected chi connectivity index (χ1v) is 23.3. The third-order valence-electron chi connectivity index (χ3n) is 9.85. The van der Waals surface area contributed by atoms with E-state index in [1.807, 2.05) is 0 Å². The van der Waals surface area contributed by atoms with Crippen LogP contribution in [-0.2, 0) is 14.9 Å². The molecule has 2 unspecified atom stereocenters. The molecule has 0 rings (SSSR count). The summed E-state index contributed by atoms with van der Waals surface area (Å²) < 4.78 is 32.6. The Kier molecular flexibility index (Phi) is 37.2. The lowest BCUT2D eigenvalue weighted by molar-refractivity contribution is -0.122. The molecule has 1 amide bonds. The largest absolute Gasteiger partial charge is 0.391 e. The summed E-state index contributed by atoms with van der Waals surface area (Å²) >= 11 is 0. The second-order valence-corrected chi connectivity index (χ2v) is 16.5. The van der Waals surface area contributed by atoms with Crippen LogP contribution in [0.4, 0.5) is 0 Å². The van der Waals surface area contributed by atoms with Gasteiger partial charge in [0.15, 0.2) is 0 Å². The predicted octanol–water partition coefficient (Wildman–Crippen LogP) is 12.9. The minimum absolute atomic E-state index is 0.257. The Morgan fingerprint density at radius 1 is 0.529 bits per heavy atom. The van der Waals surface area contributed by atoms with Gasteiger partial charge in [-0.1, -0.05) is 198 Å². The molecule has 0 aliphatic heterocycles. The molecular formula is C44H83NO5S. The number of aliphatic hydroxyl groups is 1. The van der Waals surface area contributed by atoms with E-state index in [4.69, 9.17) is 0 Å². The Labute approximate surface area is 316 Å². The minimum atomic E-state index is -4.32. The zero-order valence-electron chi connectivity index (χ0n) is 33.5. The van der Waals surface area contributed by atoms with Gasteiger partial charge in [-0.3, -0.25) is 9.35 Å². The number of unbranched alkanes of at least 4 members (excludes halogenated alkanes) is 25. The Bertz CT molecular complexity index is 945. The molecule has 0 heterocycles. The molecular weight excluding hydrogens is 655 g/mol. The van der Waals surface area contributed by atoms with Crippen molar-refractivity contribution in [2.45, 2.75) is 231 Å². The summed E-state index contributed by atoms with van der Waals surface area (Å²) in [4.78, 5) is 12.5. The number of aliphatic hydroxyl groups excluding tert-OH is 1. The lowest BCUT2D eigenvalue weighted by atomic mass is 10.0. The van der Waals surface area contributed by atoms with Gasteiger partial charge in [0.1, 0.15) is 0 Å². The molecule has 0 bridgehead atoms. The van der Waals surface area contributed by atoms with Crippen molar-refractivity contribution >= 4 is 16.0 Å². The van der Waals surface area contributed by atoms with Crippen LogP contribution in [0.1, 0.15) is 219 Å². The molecule has 0 radical (unpaired) electrons. The van der Waals surface area contributed by atoms with Gasteiger partial charge in [0, 0.05) is 6.42 Å². The molecule has 7 heteroatoms. The molecule has 3 N–H and O–H groups in total. The van der Waals surface area contributed by atoms with Gasteiger partial charge in [0.25, 0.3) is 10.1 Å². The number of nitrogens with one attached hydrogen (secondary N) is 1. The van der Waals surface area contributed by atoms with Gasteiger partial charge < -0.3 is 10.4 Å². The van der Waals surface area contributed by atoms with Crippen molar-refractivity contribution in [3.05, 3.63) is 36.5 Å². The highest BCUT2D eigenvalue weighted by Gasteiger charge is 2.26. The van der Waals surface area contributed by atoms with E-state index in [-0.39, 0.29) is 5.91 Å². The lowest BCUT2D eigenvalue weighted by Gasteiger charge is -2.23. The summed E-state index contributed by atoms with van der Waals surface area (Å²) in [5, 5.41) is 13.4. The number of allylic oxidation sites excluding steroid dienone is 6. The van der Waals surface area contributed by atoms with Gasteiger partial charge >= 0.3 is 0 Å². The summed E-state index contributed by atoms with van der Waals surface area (Å²) in [5.41, 5.74) is 0. The van der Waals surface area contributed by atoms with Crippen LogP contribution in [0.2, 0.25) is 0 Å². The number of carbonyl (C=O) groups is 1. The maximum atomic E-state index is 12.5. The molecule has 300 valence electrons. The molecule has 0 aromatic heterocycles. The average Bonchev–Trinajstić information content (AvgIpc) is 3.09. The van der Waals surface area contributed by atoms with Gasteiger partial charge in [-0.25, -0.2) is 0 Å². The highest BCUT2D eigenvalue weighted by molar-refractivity contribution is 7.85. The summed E-state index contributed by atoms with van der Waals surface area (Å²) in [5.74, 6) is -0.910. The fourth-order valence-electron chi connectivity index (χ4n) is 6.58. The van der Waals surface area contributed by atoms with Crippen LogP contribution in [0.3, 0.4) is 0 Å². The molecule has 0 aromatic rings. The molecule has 0 aliphatic rings. The zero-order valence-corrected chi connectivity index (χ0v) is 34.3. The third-order valence-corrected chi connectivity index (χ3v) is 10.6. The van der Waals surface area contributed by atoms with Crippen molar-refractivity contribution < 1.29 is 22.9 Å². The SMILES string of the molecule is CCCCC/C=C\C/C=C\C/C=C\CCCCCCCCC(=O)NC(CS(=O)(=O)O)C(O)CCCCCCCCCCCCCCCCCCC. The minimum Gasteiger partial charge on any atom is -0.391 e. The summed E-state index contributed by atoms with van der Waals surface area (Å²) in [6.07, 6.45) is 49.4. The van der Waals surface area contributed by atoms with Crippen LogP contribution < -0.4 is 5.32 Å². The van der Waals surface area contributed by atoms with Gasteiger partial charge in [-0.2, -0.15) is 8.42 Å². The van der Waals surface area contributed by atoms with Crippen molar-refractivity contribution in [1.29, 1.82) is 0 Å². The highest BCUT2D eigenvalue weighted by Crippen LogP contribution is 2.16. The van der Waals surface area contributed by atoms with Crippen LogP contribution in [0, 0.1) is 0 Å². The lowest BCUT2D eigenvalue weighted by Crippen LogP contribution is -2.47. The van der Waals surface area contributed by atoms with E-state index in [0.29, 0.717) is 12.8 Å². The van der Waals surface area contributed by atoms with Crippen LogP contribution >= 0.6 is 0 Å². The van der Waals surface area contributed by atoms with Gasteiger partial charge in [-0.15, -0.1) is 0 Å². The van der Waals surface area contributed by atoms with Crippen molar-refractivity contribution in [2.75, 3.05) is 5.75 Å². The summed E-state index contributed by atoms with van der Waals surface area (Å²) in [6, 6.07) is -0.978. The van der Waals surface area contributed by atoms with Crippen LogP contribution in [0.5, 0.6) is 0 Å². The molecule has 0 aliphatic carbocycles. The van der Waals surface area contributed by atoms with E-state index in [0.717, 1.165) is 64.2 Å². The molecule has 0 saturated heterocycles. The van der Waals surface area contributed by atoms with Gasteiger partial charge in [-0.05, 0) is 51.4 Å². The maximum absolute atomic E-state index is 12.5. The topological polar surface area (TPSA) is 104 Å².